The second kappa shape index (κ2) is 8.59. The second-order valence-corrected chi connectivity index (χ2v) is 7.56. The normalized spacial score (nSPS) is 17.4. The van der Waals surface area contributed by atoms with Crippen LogP contribution in [0.3, 0.4) is 0 Å². The van der Waals surface area contributed by atoms with Gasteiger partial charge in [-0.3, -0.25) is 10.1 Å². The molecule has 2 aromatic heterocycles. The number of para-hydroxylation sites is 2. The summed E-state index contributed by atoms with van der Waals surface area (Å²) < 4.78 is 2.04. The molecule has 2 unspecified atom stereocenters. The summed E-state index contributed by atoms with van der Waals surface area (Å²) in [6.45, 7) is 6.19. The molecule has 2 atom stereocenters. The molecular weight excluding hydrogens is 378 g/mol. The van der Waals surface area contributed by atoms with Crippen LogP contribution in [0.1, 0.15) is 42.8 Å². The van der Waals surface area contributed by atoms with Crippen molar-refractivity contribution in [2.24, 2.45) is 5.92 Å². The van der Waals surface area contributed by atoms with Gasteiger partial charge in [-0.05, 0) is 50.9 Å². The standard InChI is InChI=1S/C22H25N7O/c1-3-29-18-9-5-4-8-17(18)26-20(29)16(11-23)19-14(2)12-25-22(27-19)28-21(30)15-7-6-10-24-13-15/h4-5,8-9,12,15-16,24H,3,6-7,10,13H2,1-2H3,(H,25,27,28,30). The zero-order valence-corrected chi connectivity index (χ0v) is 17.2. The fourth-order valence-electron chi connectivity index (χ4n) is 3.98. The molecule has 1 amide bonds. The molecule has 8 nitrogen and oxygen atoms in total. The summed E-state index contributed by atoms with van der Waals surface area (Å²) in [5, 5.41) is 16.1. The molecule has 0 radical (unpaired) electrons. The number of aromatic nitrogens is 4. The van der Waals surface area contributed by atoms with Crippen LogP contribution in [0, 0.1) is 24.2 Å². The SMILES string of the molecule is CCn1c(C(C#N)c2nc(NC(=O)C3CCCNC3)ncc2C)nc2ccccc21. The number of amides is 1. The molecule has 1 aliphatic rings. The van der Waals surface area contributed by atoms with Crippen LogP contribution in [0.25, 0.3) is 11.0 Å². The van der Waals surface area contributed by atoms with Crippen molar-refractivity contribution in [3.05, 3.63) is 47.5 Å². The fourth-order valence-corrected chi connectivity index (χ4v) is 3.98. The van der Waals surface area contributed by atoms with Gasteiger partial charge in [-0.1, -0.05) is 12.1 Å². The van der Waals surface area contributed by atoms with Gasteiger partial charge < -0.3 is 9.88 Å². The van der Waals surface area contributed by atoms with Crippen LogP contribution < -0.4 is 10.6 Å². The molecule has 0 aliphatic carbocycles. The van der Waals surface area contributed by atoms with Gasteiger partial charge in [-0.15, -0.1) is 0 Å². The summed E-state index contributed by atoms with van der Waals surface area (Å²) >= 11 is 0. The number of nitrogens with zero attached hydrogens (tertiary/aromatic N) is 5. The molecule has 1 aromatic carbocycles. The van der Waals surface area contributed by atoms with Crippen LogP contribution in [0.4, 0.5) is 5.95 Å². The van der Waals surface area contributed by atoms with Gasteiger partial charge in [-0.2, -0.15) is 5.26 Å². The van der Waals surface area contributed by atoms with Gasteiger partial charge in [0.1, 0.15) is 11.7 Å². The highest BCUT2D eigenvalue weighted by Crippen LogP contribution is 2.28. The summed E-state index contributed by atoms with van der Waals surface area (Å²) in [5.74, 6) is 0.0316. The zero-order chi connectivity index (χ0) is 21.1. The van der Waals surface area contributed by atoms with E-state index in [4.69, 9.17) is 4.98 Å². The third-order valence-corrected chi connectivity index (χ3v) is 5.57. The van der Waals surface area contributed by atoms with Crippen LogP contribution in [0.2, 0.25) is 0 Å². The van der Waals surface area contributed by atoms with E-state index in [1.165, 1.54) is 0 Å². The number of carbonyl (C=O) groups excluding carboxylic acids is 1. The zero-order valence-electron chi connectivity index (χ0n) is 17.2. The Bertz CT molecular complexity index is 1110. The minimum Gasteiger partial charge on any atom is -0.327 e. The first kappa shape index (κ1) is 20.0. The van der Waals surface area contributed by atoms with Crippen molar-refractivity contribution >= 4 is 22.9 Å². The predicted molar refractivity (Wildman–Crippen MR) is 114 cm³/mol. The van der Waals surface area contributed by atoms with Gasteiger partial charge in [0.05, 0.1) is 28.7 Å². The van der Waals surface area contributed by atoms with Crippen molar-refractivity contribution in [1.82, 2.24) is 24.8 Å². The van der Waals surface area contributed by atoms with Gasteiger partial charge in [0, 0.05) is 19.3 Å². The van der Waals surface area contributed by atoms with Crippen LogP contribution in [0.15, 0.2) is 30.5 Å². The third kappa shape index (κ3) is 3.76. The van der Waals surface area contributed by atoms with Crippen molar-refractivity contribution in [2.45, 2.75) is 39.2 Å². The molecule has 0 saturated carbocycles. The maximum absolute atomic E-state index is 12.6. The molecular formula is C22H25N7O. The highest BCUT2D eigenvalue weighted by Gasteiger charge is 2.26. The van der Waals surface area contributed by atoms with E-state index in [1.807, 2.05) is 42.7 Å². The molecule has 30 heavy (non-hydrogen) atoms. The lowest BCUT2D eigenvalue weighted by atomic mass is 9.99. The quantitative estimate of drug-likeness (QED) is 0.678. The fraction of sp³-hybridized carbons (Fsp3) is 0.409. The van der Waals surface area contributed by atoms with Crippen LogP contribution >= 0.6 is 0 Å². The molecule has 4 rings (SSSR count). The number of hydrogen-bond donors (Lipinski definition) is 2. The molecule has 154 valence electrons. The van der Waals surface area contributed by atoms with Crippen molar-refractivity contribution in [3.8, 4) is 6.07 Å². The van der Waals surface area contributed by atoms with Crippen molar-refractivity contribution in [2.75, 3.05) is 18.4 Å². The van der Waals surface area contributed by atoms with Crippen molar-refractivity contribution in [3.63, 3.8) is 0 Å². The molecule has 8 heteroatoms. The first-order valence-electron chi connectivity index (χ1n) is 10.3. The summed E-state index contributed by atoms with van der Waals surface area (Å²) in [6.07, 6.45) is 3.47. The molecule has 1 aliphatic heterocycles. The Morgan fingerprint density at radius 3 is 2.97 bits per heavy atom. The van der Waals surface area contributed by atoms with E-state index >= 15 is 0 Å². The van der Waals surface area contributed by atoms with Crippen molar-refractivity contribution in [1.29, 1.82) is 5.26 Å². The summed E-state index contributed by atoms with van der Waals surface area (Å²) in [6, 6.07) is 10.2. The summed E-state index contributed by atoms with van der Waals surface area (Å²) in [7, 11) is 0. The molecule has 0 spiro atoms. The molecule has 1 saturated heterocycles. The van der Waals surface area contributed by atoms with Crippen molar-refractivity contribution < 1.29 is 4.79 Å². The average Bonchev–Trinajstić information content (AvgIpc) is 3.15. The lowest BCUT2D eigenvalue weighted by Crippen LogP contribution is -2.37. The number of anilines is 1. The van der Waals surface area contributed by atoms with E-state index in [9.17, 15) is 10.1 Å². The summed E-state index contributed by atoms with van der Waals surface area (Å²) in [5.41, 5.74) is 3.18. The Labute approximate surface area is 175 Å². The van der Waals surface area contributed by atoms with E-state index < -0.39 is 5.92 Å². The van der Waals surface area contributed by atoms with Gasteiger partial charge in [0.25, 0.3) is 0 Å². The number of imidazole rings is 1. The largest absolute Gasteiger partial charge is 0.327 e. The molecule has 1 fully saturated rings. The first-order valence-corrected chi connectivity index (χ1v) is 10.3. The first-order chi connectivity index (χ1) is 14.6. The van der Waals surface area contributed by atoms with Gasteiger partial charge in [0.2, 0.25) is 11.9 Å². The number of fused-ring (bicyclic) bond motifs is 1. The lowest BCUT2D eigenvalue weighted by molar-refractivity contribution is -0.120. The molecule has 3 aromatic rings. The highest BCUT2D eigenvalue weighted by atomic mass is 16.2. The lowest BCUT2D eigenvalue weighted by Gasteiger charge is -2.21. The second-order valence-electron chi connectivity index (χ2n) is 7.56. The number of piperidine rings is 1. The number of nitriles is 1. The smallest absolute Gasteiger partial charge is 0.231 e. The number of carbonyl (C=O) groups is 1. The Kier molecular flexibility index (Phi) is 5.72. The molecule has 0 bridgehead atoms. The third-order valence-electron chi connectivity index (χ3n) is 5.57. The Balaban J connectivity index is 1.68. The minimum atomic E-state index is -0.660. The number of aryl methyl sites for hydroxylation is 2. The summed E-state index contributed by atoms with van der Waals surface area (Å²) in [4.78, 5) is 26.1. The van der Waals surface area contributed by atoms with Crippen LogP contribution in [0.5, 0.6) is 0 Å². The Morgan fingerprint density at radius 2 is 2.23 bits per heavy atom. The van der Waals surface area contributed by atoms with E-state index in [-0.39, 0.29) is 17.8 Å². The monoisotopic (exact) mass is 403 g/mol. The molecule has 3 heterocycles. The number of benzene rings is 1. The number of nitrogens with one attached hydrogen (secondary N) is 2. The predicted octanol–water partition coefficient (Wildman–Crippen LogP) is 2.75. The van der Waals surface area contributed by atoms with Crippen LogP contribution in [-0.4, -0.2) is 38.5 Å². The Hall–Kier alpha value is -3.31. The topological polar surface area (TPSA) is 109 Å². The minimum absolute atomic E-state index is 0.0914. The van der Waals surface area contributed by atoms with Gasteiger partial charge >= 0.3 is 0 Å². The number of rotatable bonds is 5. The highest BCUT2D eigenvalue weighted by molar-refractivity contribution is 5.91. The molecule has 2 N–H and O–H groups in total. The maximum Gasteiger partial charge on any atom is 0.231 e. The van der Waals surface area contributed by atoms with E-state index in [0.29, 0.717) is 24.6 Å². The van der Waals surface area contributed by atoms with E-state index in [2.05, 4.69) is 26.7 Å². The van der Waals surface area contributed by atoms with Gasteiger partial charge in [-0.25, -0.2) is 15.0 Å². The number of hydrogen-bond acceptors (Lipinski definition) is 6. The van der Waals surface area contributed by atoms with E-state index in [0.717, 1.165) is 36.0 Å². The maximum atomic E-state index is 12.6. The van der Waals surface area contributed by atoms with Gasteiger partial charge in [0.15, 0.2) is 0 Å². The average molecular weight is 403 g/mol. The van der Waals surface area contributed by atoms with Crippen LogP contribution in [-0.2, 0) is 11.3 Å². The van der Waals surface area contributed by atoms with E-state index in [1.54, 1.807) is 6.20 Å². The Morgan fingerprint density at radius 1 is 1.40 bits per heavy atom.